The predicted molar refractivity (Wildman–Crippen MR) is 79.6 cm³/mol. The maximum Gasteiger partial charge on any atom is 0.123 e. The number of nitrogens with two attached hydrogens (primary N) is 1. The Morgan fingerprint density at radius 2 is 1.84 bits per heavy atom. The van der Waals surface area contributed by atoms with Gasteiger partial charge in [-0.1, -0.05) is 19.9 Å². The van der Waals surface area contributed by atoms with E-state index in [-0.39, 0.29) is 11.9 Å². The molecule has 0 spiro atoms. The van der Waals surface area contributed by atoms with Crippen molar-refractivity contribution >= 4 is 0 Å². The SMILES string of the molecule is Cc1cc(F)ccc1C(CN)N(CC(C)C)C(C)C. The number of benzene rings is 1. The first kappa shape index (κ1) is 16.1. The van der Waals surface area contributed by atoms with Gasteiger partial charge in [0.2, 0.25) is 0 Å². The molecule has 0 heterocycles. The van der Waals surface area contributed by atoms with Crippen LogP contribution in [0.1, 0.15) is 44.9 Å². The van der Waals surface area contributed by atoms with E-state index in [1.165, 1.54) is 6.07 Å². The largest absolute Gasteiger partial charge is 0.329 e. The van der Waals surface area contributed by atoms with Crippen LogP contribution in [0.15, 0.2) is 18.2 Å². The van der Waals surface area contributed by atoms with Crippen molar-refractivity contribution < 1.29 is 4.39 Å². The van der Waals surface area contributed by atoms with Gasteiger partial charge in [-0.05, 0) is 49.9 Å². The summed E-state index contributed by atoms with van der Waals surface area (Å²) in [6.07, 6.45) is 0. The van der Waals surface area contributed by atoms with E-state index in [9.17, 15) is 4.39 Å². The molecular weight excluding hydrogens is 239 g/mol. The summed E-state index contributed by atoms with van der Waals surface area (Å²) in [5.41, 5.74) is 8.10. The number of hydrogen-bond acceptors (Lipinski definition) is 2. The minimum atomic E-state index is -0.183. The van der Waals surface area contributed by atoms with Crippen molar-refractivity contribution in [1.82, 2.24) is 4.90 Å². The van der Waals surface area contributed by atoms with Gasteiger partial charge in [0.05, 0.1) is 0 Å². The van der Waals surface area contributed by atoms with Gasteiger partial charge < -0.3 is 5.73 Å². The zero-order chi connectivity index (χ0) is 14.6. The second-order valence-corrected chi connectivity index (χ2v) is 5.94. The number of hydrogen-bond donors (Lipinski definition) is 1. The molecule has 0 amide bonds. The molecule has 0 saturated carbocycles. The molecule has 2 N–H and O–H groups in total. The topological polar surface area (TPSA) is 29.3 Å². The van der Waals surface area contributed by atoms with E-state index in [4.69, 9.17) is 5.73 Å². The Bertz CT molecular complexity index is 402. The Kier molecular flexibility index (Phi) is 5.95. The fourth-order valence-corrected chi connectivity index (χ4v) is 2.57. The van der Waals surface area contributed by atoms with E-state index in [1.54, 1.807) is 6.07 Å². The van der Waals surface area contributed by atoms with Gasteiger partial charge in [0.15, 0.2) is 0 Å². The molecule has 0 aliphatic carbocycles. The van der Waals surface area contributed by atoms with Gasteiger partial charge in [0.25, 0.3) is 0 Å². The molecule has 2 nitrogen and oxygen atoms in total. The van der Waals surface area contributed by atoms with Crippen LogP contribution >= 0.6 is 0 Å². The van der Waals surface area contributed by atoms with Crippen LogP contribution in [0.4, 0.5) is 4.39 Å². The predicted octanol–water partition coefficient (Wildman–Crippen LogP) is 3.50. The molecule has 0 saturated heterocycles. The quantitative estimate of drug-likeness (QED) is 0.854. The zero-order valence-corrected chi connectivity index (χ0v) is 12.8. The molecule has 0 aliphatic rings. The summed E-state index contributed by atoms with van der Waals surface area (Å²) in [6.45, 7) is 12.3. The first-order valence-corrected chi connectivity index (χ1v) is 7.08. The lowest BCUT2D eigenvalue weighted by Gasteiger charge is -2.36. The zero-order valence-electron chi connectivity index (χ0n) is 12.8. The van der Waals surface area contributed by atoms with Crippen molar-refractivity contribution in [3.63, 3.8) is 0 Å². The van der Waals surface area contributed by atoms with E-state index < -0.39 is 0 Å². The number of aryl methyl sites for hydroxylation is 1. The minimum Gasteiger partial charge on any atom is -0.329 e. The second kappa shape index (κ2) is 7.01. The number of halogens is 1. The smallest absolute Gasteiger partial charge is 0.123 e. The molecule has 0 radical (unpaired) electrons. The van der Waals surface area contributed by atoms with E-state index >= 15 is 0 Å². The fraction of sp³-hybridized carbons (Fsp3) is 0.625. The lowest BCUT2D eigenvalue weighted by molar-refractivity contribution is 0.138. The van der Waals surface area contributed by atoms with Crippen LogP contribution in [0.2, 0.25) is 0 Å². The van der Waals surface area contributed by atoms with Crippen molar-refractivity contribution in [2.45, 2.75) is 46.7 Å². The molecule has 0 fully saturated rings. The first-order chi connectivity index (χ1) is 8.86. The molecule has 1 aromatic rings. The molecule has 1 rings (SSSR count). The number of rotatable bonds is 6. The highest BCUT2D eigenvalue weighted by Gasteiger charge is 2.23. The van der Waals surface area contributed by atoms with Gasteiger partial charge in [0.1, 0.15) is 5.82 Å². The van der Waals surface area contributed by atoms with Crippen molar-refractivity contribution in [2.24, 2.45) is 11.7 Å². The summed E-state index contributed by atoms with van der Waals surface area (Å²) in [7, 11) is 0. The molecule has 3 heteroatoms. The summed E-state index contributed by atoms with van der Waals surface area (Å²) in [6, 6.07) is 5.56. The Morgan fingerprint density at radius 1 is 1.21 bits per heavy atom. The molecule has 0 aliphatic heterocycles. The van der Waals surface area contributed by atoms with Gasteiger partial charge in [-0.3, -0.25) is 4.90 Å². The van der Waals surface area contributed by atoms with Gasteiger partial charge in [0, 0.05) is 25.2 Å². The minimum absolute atomic E-state index is 0.156. The maximum absolute atomic E-state index is 13.2. The molecular formula is C16H27FN2. The van der Waals surface area contributed by atoms with Crippen LogP contribution in [0.5, 0.6) is 0 Å². The second-order valence-electron chi connectivity index (χ2n) is 5.94. The molecule has 108 valence electrons. The Balaban J connectivity index is 3.08. The summed E-state index contributed by atoms with van der Waals surface area (Å²) in [5, 5.41) is 0. The lowest BCUT2D eigenvalue weighted by Crippen LogP contribution is -2.41. The molecule has 1 aromatic carbocycles. The molecule has 0 aromatic heterocycles. The van der Waals surface area contributed by atoms with Crippen LogP contribution in [0.3, 0.4) is 0 Å². The van der Waals surface area contributed by atoms with Crippen LogP contribution in [-0.4, -0.2) is 24.0 Å². The molecule has 1 atom stereocenters. The third-order valence-corrected chi connectivity index (χ3v) is 3.45. The Labute approximate surface area is 116 Å². The van der Waals surface area contributed by atoms with Gasteiger partial charge in [-0.2, -0.15) is 0 Å². The van der Waals surface area contributed by atoms with E-state index in [2.05, 4.69) is 32.6 Å². The van der Waals surface area contributed by atoms with Gasteiger partial charge in [-0.15, -0.1) is 0 Å². The maximum atomic E-state index is 13.2. The summed E-state index contributed by atoms with van der Waals surface area (Å²) >= 11 is 0. The summed E-state index contributed by atoms with van der Waals surface area (Å²) in [5.74, 6) is 0.397. The van der Waals surface area contributed by atoms with E-state index in [0.29, 0.717) is 18.5 Å². The average Bonchev–Trinajstić information content (AvgIpc) is 2.30. The van der Waals surface area contributed by atoms with Crippen LogP contribution in [0.25, 0.3) is 0 Å². The van der Waals surface area contributed by atoms with Crippen LogP contribution < -0.4 is 5.73 Å². The van der Waals surface area contributed by atoms with Crippen LogP contribution in [-0.2, 0) is 0 Å². The van der Waals surface area contributed by atoms with Crippen LogP contribution in [0, 0.1) is 18.7 Å². The molecule has 0 bridgehead atoms. The van der Waals surface area contributed by atoms with E-state index in [0.717, 1.165) is 17.7 Å². The van der Waals surface area contributed by atoms with Crippen molar-refractivity contribution in [1.29, 1.82) is 0 Å². The molecule has 1 unspecified atom stereocenters. The third-order valence-electron chi connectivity index (χ3n) is 3.45. The standard InChI is InChI=1S/C16H27FN2/c1-11(2)10-19(12(3)4)16(9-18)15-7-6-14(17)8-13(15)5/h6-8,11-12,16H,9-10,18H2,1-5H3. The Hall–Kier alpha value is -0.930. The average molecular weight is 266 g/mol. The van der Waals surface area contributed by atoms with Crippen molar-refractivity contribution in [2.75, 3.05) is 13.1 Å². The fourth-order valence-electron chi connectivity index (χ4n) is 2.57. The highest BCUT2D eigenvalue weighted by Crippen LogP contribution is 2.26. The van der Waals surface area contributed by atoms with Gasteiger partial charge in [-0.25, -0.2) is 4.39 Å². The summed E-state index contributed by atoms with van der Waals surface area (Å²) < 4.78 is 13.2. The normalized spacial score (nSPS) is 13.6. The molecule has 19 heavy (non-hydrogen) atoms. The van der Waals surface area contributed by atoms with Gasteiger partial charge >= 0.3 is 0 Å². The Morgan fingerprint density at radius 3 is 2.26 bits per heavy atom. The highest BCUT2D eigenvalue weighted by atomic mass is 19.1. The highest BCUT2D eigenvalue weighted by molar-refractivity contribution is 5.30. The third kappa shape index (κ3) is 4.29. The van der Waals surface area contributed by atoms with Crippen molar-refractivity contribution in [3.05, 3.63) is 35.1 Å². The van der Waals surface area contributed by atoms with E-state index in [1.807, 2.05) is 13.0 Å². The lowest BCUT2D eigenvalue weighted by atomic mass is 9.97. The monoisotopic (exact) mass is 266 g/mol. The van der Waals surface area contributed by atoms with Crippen molar-refractivity contribution in [3.8, 4) is 0 Å². The first-order valence-electron chi connectivity index (χ1n) is 7.08. The summed E-state index contributed by atoms with van der Waals surface area (Å²) in [4.78, 5) is 2.41. The number of nitrogens with zero attached hydrogens (tertiary/aromatic N) is 1.